The fourth-order valence-electron chi connectivity index (χ4n) is 3.62. The molecule has 0 aromatic heterocycles. The van der Waals surface area contributed by atoms with Crippen LogP contribution in [0.2, 0.25) is 0 Å². The number of methoxy groups -OCH3 is 2. The average molecular weight is 462 g/mol. The largest absolute Gasteiger partial charge is 0.497 e. The van der Waals surface area contributed by atoms with Crippen molar-refractivity contribution in [2.24, 2.45) is 0 Å². The molecule has 0 radical (unpaired) electrons. The lowest BCUT2D eigenvalue weighted by Crippen LogP contribution is -2.42. The summed E-state index contributed by atoms with van der Waals surface area (Å²) in [4.78, 5) is 40.6. The molecule has 2 heterocycles. The van der Waals surface area contributed by atoms with Crippen molar-refractivity contribution in [3.63, 3.8) is 0 Å². The van der Waals surface area contributed by atoms with E-state index in [9.17, 15) is 14.4 Å². The van der Waals surface area contributed by atoms with Crippen LogP contribution in [0.3, 0.4) is 0 Å². The first-order valence-electron chi connectivity index (χ1n) is 10.8. The van der Waals surface area contributed by atoms with Crippen molar-refractivity contribution in [2.75, 3.05) is 53.6 Å². The van der Waals surface area contributed by atoms with Crippen LogP contribution in [-0.2, 0) is 39.9 Å². The van der Waals surface area contributed by atoms with Crippen LogP contribution in [0.25, 0.3) is 0 Å². The number of nitrogens with zero attached hydrogens (tertiary/aromatic N) is 2. The number of ether oxygens (including phenoxy) is 5. The second-order valence-corrected chi connectivity index (χ2v) is 7.72. The molecule has 1 atom stereocenters. The zero-order valence-electron chi connectivity index (χ0n) is 19.2. The third-order valence-corrected chi connectivity index (χ3v) is 5.41. The summed E-state index contributed by atoms with van der Waals surface area (Å²) in [6, 6.07) is 7.47. The summed E-state index contributed by atoms with van der Waals surface area (Å²) < 4.78 is 27.0. The minimum atomic E-state index is -0.477. The maximum Gasteiger partial charge on any atom is 0.307 e. The van der Waals surface area contributed by atoms with Crippen LogP contribution in [-0.4, -0.2) is 87.3 Å². The molecular weight excluding hydrogens is 432 g/mol. The number of benzene rings is 1. The van der Waals surface area contributed by atoms with Crippen LogP contribution in [0.5, 0.6) is 5.75 Å². The van der Waals surface area contributed by atoms with Gasteiger partial charge in [0.2, 0.25) is 11.7 Å². The van der Waals surface area contributed by atoms with Gasteiger partial charge in [0, 0.05) is 19.6 Å². The van der Waals surface area contributed by atoms with Gasteiger partial charge in [-0.1, -0.05) is 12.1 Å². The highest BCUT2D eigenvalue weighted by Crippen LogP contribution is 2.20. The first kappa shape index (κ1) is 24.4. The molecule has 1 unspecified atom stereocenters. The summed E-state index contributed by atoms with van der Waals surface area (Å²) in [6.07, 6.45) is -0.422. The van der Waals surface area contributed by atoms with E-state index in [2.05, 4.69) is 0 Å². The van der Waals surface area contributed by atoms with Gasteiger partial charge >= 0.3 is 5.97 Å². The lowest BCUT2D eigenvalue weighted by Gasteiger charge is -2.27. The van der Waals surface area contributed by atoms with E-state index in [1.807, 2.05) is 24.3 Å². The Bertz CT molecular complexity index is 900. The monoisotopic (exact) mass is 462 g/mol. The predicted octanol–water partition coefficient (Wildman–Crippen LogP) is 1.09. The molecule has 0 aliphatic carbocycles. The molecular formula is C23H30N2O8. The Morgan fingerprint density at radius 3 is 2.67 bits per heavy atom. The molecule has 1 aromatic carbocycles. The van der Waals surface area contributed by atoms with Gasteiger partial charge in [-0.05, 0) is 24.6 Å². The second kappa shape index (κ2) is 11.6. The van der Waals surface area contributed by atoms with Gasteiger partial charge in [-0.25, -0.2) is 0 Å². The highest BCUT2D eigenvalue weighted by atomic mass is 16.6. The third kappa shape index (κ3) is 6.61. The molecule has 180 valence electrons. The number of amides is 2. The quantitative estimate of drug-likeness (QED) is 0.529. The molecule has 2 aliphatic rings. The Balaban J connectivity index is 1.76. The lowest BCUT2D eigenvalue weighted by atomic mass is 10.2. The molecule has 1 aromatic rings. The van der Waals surface area contributed by atoms with E-state index in [4.69, 9.17) is 23.7 Å². The van der Waals surface area contributed by atoms with Crippen molar-refractivity contribution in [1.29, 1.82) is 0 Å². The predicted molar refractivity (Wildman–Crippen MR) is 116 cm³/mol. The summed E-state index contributed by atoms with van der Waals surface area (Å²) in [5, 5.41) is 0. The third-order valence-electron chi connectivity index (χ3n) is 5.41. The highest BCUT2D eigenvalue weighted by Gasteiger charge is 2.34. The minimum Gasteiger partial charge on any atom is -0.497 e. The number of carbonyl (C=O) groups excluding carboxylic acids is 3. The average Bonchev–Trinajstić information content (AvgIpc) is 2.99. The minimum absolute atomic E-state index is 0.0556. The van der Waals surface area contributed by atoms with Crippen molar-refractivity contribution in [2.45, 2.75) is 26.1 Å². The van der Waals surface area contributed by atoms with Gasteiger partial charge < -0.3 is 33.5 Å². The molecule has 0 bridgehead atoms. The maximum atomic E-state index is 13.1. The van der Waals surface area contributed by atoms with Gasteiger partial charge in [0.25, 0.3) is 5.91 Å². The fraction of sp³-hybridized carbons (Fsp3) is 0.522. The van der Waals surface area contributed by atoms with Crippen LogP contribution in [0.15, 0.2) is 35.8 Å². The van der Waals surface area contributed by atoms with E-state index < -0.39 is 18.0 Å². The van der Waals surface area contributed by atoms with Crippen molar-refractivity contribution in [3.05, 3.63) is 41.3 Å². The van der Waals surface area contributed by atoms with Crippen molar-refractivity contribution < 1.29 is 38.1 Å². The molecule has 10 nitrogen and oxygen atoms in total. The molecule has 0 N–H and O–H groups in total. The lowest BCUT2D eigenvalue weighted by molar-refractivity contribution is -0.143. The van der Waals surface area contributed by atoms with Gasteiger partial charge in [0.05, 0.1) is 33.4 Å². The van der Waals surface area contributed by atoms with Gasteiger partial charge in [-0.3, -0.25) is 14.4 Å². The molecule has 3 rings (SSSR count). The first-order chi connectivity index (χ1) is 15.9. The molecule has 33 heavy (non-hydrogen) atoms. The number of carbonyl (C=O) groups is 3. The van der Waals surface area contributed by atoms with E-state index in [0.29, 0.717) is 18.1 Å². The molecule has 1 saturated heterocycles. The van der Waals surface area contributed by atoms with Crippen molar-refractivity contribution >= 4 is 17.8 Å². The van der Waals surface area contributed by atoms with E-state index >= 15 is 0 Å². The number of rotatable bonds is 8. The summed E-state index contributed by atoms with van der Waals surface area (Å²) in [5.41, 5.74) is 0.895. The highest BCUT2D eigenvalue weighted by molar-refractivity contribution is 5.95. The Kier molecular flexibility index (Phi) is 8.53. The summed E-state index contributed by atoms with van der Waals surface area (Å²) in [5.74, 6) is 0.0749. The van der Waals surface area contributed by atoms with Crippen LogP contribution in [0, 0.1) is 0 Å². The van der Waals surface area contributed by atoms with E-state index in [1.54, 1.807) is 14.0 Å². The zero-order chi connectivity index (χ0) is 23.8. The summed E-state index contributed by atoms with van der Waals surface area (Å²) in [6.45, 7) is 3.00. The fourth-order valence-corrected chi connectivity index (χ4v) is 3.62. The Morgan fingerprint density at radius 2 is 1.94 bits per heavy atom. The SMILES string of the molecule is COC(=O)CCN1CC(OCc2cccc(OC)c2)CN(C(=O)C2=C(C)OCCO2)CC1=O. The molecule has 1 fully saturated rings. The number of allylic oxidation sites excluding steroid dienone is 1. The molecule has 0 spiro atoms. The van der Waals surface area contributed by atoms with E-state index in [0.717, 1.165) is 5.56 Å². The van der Waals surface area contributed by atoms with Crippen molar-refractivity contribution in [1.82, 2.24) is 9.80 Å². The van der Waals surface area contributed by atoms with E-state index in [-0.39, 0.29) is 57.5 Å². The summed E-state index contributed by atoms with van der Waals surface area (Å²) in [7, 11) is 2.89. The van der Waals surface area contributed by atoms with Crippen LogP contribution in [0.4, 0.5) is 0 Å². The molecule has 0 saturated carbocycles. The summed E-state index contributed by atoms with van der Waals surface area (Å²) >= 11 is 0. The smallest absolute Gasteiger partial charge is 0.307 e. The Hall–Kier alpha value is -3.27. The Morgan fingerprint density at radius 1 is 1.15 bits per heavy atom. The molecule has 10 heteroatoms. The molecule has 2 amide bonds. The van der Waals surface area contributed by atoms with E-state index in [1.165, 1.54) is 16.9 Å². The van der Waals surface area contributed by atoms with Gasteiger partial charge in [-0.2, -0.15) is 0 Å². The normalized spacial score (nSPS) is 18.9. The second-order valence-electron chi connectivity index (χ2n) is 7.72. The molecule has 2 aliphatic heterocycles. The zero-order valence-corrected chi connectivity index (χ0v) is 19.2. The topological polar surface area (TPSA) is 104 Å². The first-order valence-corrected chi connectivity index (χ1v) is 10.8. The van der Waals surface area contributed by atoms with Crippen LogP contribution in [0.1, 0.15) is 18.9 Å². The number of hydrogen-bond acceptors (Lipinski definition) is 8. The van der Waals surface area contributed by atoms with Crippen molar-refractivity contribution in [3.8, 4) is 5.75 Å². The Labute approximate surface area is 193 Å². The number of hydrogen-bond donors (Lipinski definition) is 0. The van der Waals surface area contributed by atoms with Gasteiger partial charge in [-0.15, -0.1) is 0 Å². The van der Waals surface area contributed by atoms with Crippen LogP contribution < -0.4 is 4.74 Å². The number of esters is 1. The maximum absolute atomic E-state index is 13.1. The standard InChI is InChI=1S/C23H30N2O8/c1-16-22(32-10-9-31-16)23(28)25-13-19(33-15-17-5-4-6-18(11-17)29-2)12-24(20(26)14-25)8-7-21(27)30-3/h4-6,11,19H,7-10,12-15H2,1-3H3. The van der Waals surface area contributed by atoms with Crippen LogP contribution >= 0.6 is 0 Å². The van der Waals surface area contributed by atoms with Gasteiger partial charge in [0.15, 0.2) is 0 Å². The van der Waals surface area contributed by atoms with Gasteiger partial charge in [0.1, 0.15) is 31.3 Å².